The van der Waals surface area contributed by atoms with Crippen LogP contribution in [0.4, 0.5) is 5.69 Å². The van der Waals surface area contributed by atoms with Gasteiger partial charge < -0.3 is 14.6 Å². The molecular weight excluding hydrogens is 418 g/mol. The smallest absolute Gasteiger partial charge is 0.333 e. The molecule has 0 radical (unpaired) electrons. The van der Waals surface area contributed by atoms with Crippen LogP contribution in [-0.2, 0) is 14.1 Å². The van der Waals surface area contributed by atoms with E-state index in [2.05, 4.69) is 0 Å². The number of hydrogen-bond donors (Lipinski definition) is 1. The van der Waals surface area contributed by atoms with Gasteiger partial charge in [0.1, 0.15) is 5.56 Å². The van der Waals surface area contributed by atoms with Gasteiger partial charge in [-0.3, -0.25) is 18.9 Å². The molecular formula is C22H19N3O5S. The molecule has 1 aromatic heterocycles. The van der Waals surface area contributed by atoms with Crippen molar-refractivity contribution in [3.8, 4) is 17.4 Å². The Morgan fingerprint density at radius 3 is 2.68 bits per heavy atom. The van der Waals surface area contributed by atoms with Crippen molar-refractivity contribution in [1.29, 1.82) is 0 Å². The Morgan fingerprint density at radius 2 is 1.84 bits per heavy atom. The summed E-state index contributed by atoms with van der Waals surface area (Å²) in [5, 5.41) is 10.6. The van der Waals surface area contributed by atoms with Crippen LogP contribution in [0.25, 0.3) is 0 Å². The molecule has 1 N–H and O–H groups in total. The molecule has 8 nitrogen and oxygen atoms in total. The Kier molecular flexibility index (Phi) is 4.62. The Bertz CT molecular complexity index is 1360. The van der Waals surface area contributed by atoms with Crippen LogP contribution in [0.5, 0.6) is 17.4 Å². The standard InChI is InChI=1S/C22H19N3O5S/c1-24-20(26)19(21(27)25(2)22(24)28)14-10-18(31-17-6-4-3-5-13(17)23-14)12-7-8-15-16(9-12)30-11-29-15/h3-9,18,26H,10-11H2,1-2H3. The Morgan fingerprint density at radius 1 is 1.06 bits per heavy atom. The van der Waals surface area contributed by atoms with Crippen LogP contribution in [0.15, 0.2) is 61.9 Å². The highest BCUT2D eigenvalue weighted by Gasteiger charge is 2.28. The predicted octanol–water partition coefficient (Wildman–Crippen LogP) is 2.88. The minimum absolute atomic E-state index is 0.0349. The molecule has 2 aliphatic rings. The van der Waals surface area contributed by atoms with Crippen molar-refractivity contribution < 1.29 is 14.6 Å². The number of thioether (sulfide) groups is 1. The summed E-state index contributed by atoms with van der Waals surface area (Å²) in [5.41, 5.74) is 0.984. The van der Waals surface area contributed by atoms with Crippen LogP contribution >= 0.6 is 11.8 Å². The van der Waals surface area contributed by atoms with Crippen molar-refractivity contribution in [2.75, 3.05) is 6.79 Å². The van der Waals surface area contributed by atoms with E-state index >= 15 is 0 Å². The number of aliphatic imine (C=N–C) groups is 1. The lowest BCUT2D eigenvalue weighted by Crippen LogP contribution is -2.40. The highest BCUT2D eigenvalue weighted by molar-refractivity contribution is 7.99. The first-order valence-corrected chi connectivity index (χ1v) is 10.5. The maximum absolute atomic E-state index is 12.9. The number of hydrogen-bond acceptors (Lipinski definition) is 7. The number of fused-ring (bicyclic) bond motifs is 2. The van der Waals surface area contributed by atoms with Crippen LogP contribution in [0.3, 0.4) is 0 Å². The van der Waals surface area contributed by atoms with E-state index in [0.29, 0.717) is 29.3 Å². The largest absolute Gasteiger partial charge is 0.494 e. The van der Waals surface area contributed by atoms with Crippen LogP contribution in [0.2, 0.25) is 0 Å². The summed E-state index contributed by atoms with van der Waals surface area (Å²) in [5.74, 6) is 0.983. The van der Waals surface area contributed by atoms with Gasteiger partial charge in [0.25, 0.3) is 5.56 Å². The van der Waals surface area contributed by atoms with E-state index in [1.807, 2.05) is 42.5 Å². The van der Waals surface area contributed by atoms with Gasteiger partial charge in [-0.05, 0) is 29.8 Å². The molecule has 0 aliphatic carbocycles. The number of rotatable bonds is 2. The average molecular weight is 437 g/mol. The van der Waals surface area contributed by atoms with E-state index in [1.54, 1.807) is 11.8 Å². The summed E-state index contributed by atoms with van der Waals surface area (Å²) in [6.07, 6.45) is 0.375. The van der Waals surface area contributed by atoms with E-state index in [0.717, 1.165) is 19.6 Å². The molecule has 0 amide bonds. The van der Waals surface area contributed by atoms with Gasteiger partial charge in [-0.25, -0.2) is 4.79 Å². The lowest BCUT2D eigenvalue weighted by molar-refractivity contribution is 0.174. The molecule has 3 aromatic rings. The van der Waals surface area contributed by atoms with Crippen molar-refractivity contribution >= 4 is 23.2 Å². The first kappa shape index (κ1) is 19.5. The quantitative estimate of drug-likeness (QED) is 0.663. The van der Waals surface area contributed by atoms with Crippen molar-refractivity contribution in [3.05, 3.63) is 74.4 Å². The molecule has 0 saturated heterocycles. The zero-order valence-electron chi connectivity index (χ0n) is 16.9. The lowest BCUT2D eigenvalue weighted by atomic mass is 10.0. The van der Waals surface area contributed by atoms with Crippen molar-refractivity contribution in [3.63, 3.8) is 0 Å². The molecule has 2 aliphatic heterocycles. The lowest BCUT2D eigenvalue weighted by Gasteiger charge is -2.17. The Labute approximate surface area is 181 Å². The third-order valence-electron chi connectivity index (χ3n) is 5.46. The molecule has 0 bridgehead atoms. The summed E-state index contributed by atoms with van der Waals surface area (Å²) in [4.78, 5) is 30.9. The molecule has 3 heterocycles. The number of para-hydroxylation sites is 1. The van der Waals surface area contributed by atoms with Gasteiger partial charge >= 0.3 is 5.69 Å². The van der Waals surface area contributed by atoms with E-state index in [-0.39, 0.29) is 23.5 Å². The van der Waals surface area contributed by atoms with Crippen LogP contribution in [0, 0.1) is 0 Å². The minimum atomic E-state index is -0.595. The maximum atomic E-state index is 12.9. The minimum Gasteiger partial charge on any atom is -0.494 e. The SMILES string of the molecule is Cn1c(O)c(C2=Nc3ccccc3SC(c3ccc4c(c3)OCO4)C2)c(=O)n(C)c1=O. The topological polar surface area (TPSA) is 95.1 Å². The first-order chi connectivity index (χ1) is 14.9. The average Bonchev–Trinajstić information content (AvgIpc) is 3.16. The zero-order valence-corrected chi connectivity index (χ0v) is 17.7. The van der Waals surface area contributed by atoms with Gasteiger partial charge in [0.15, 0.2) is 11.5 Å². The molecule has 5 rings (SSSR count). The molecule has 2 aromatic carbocycles. The normalized spacial score (nSPS) is 17.1. The fraction of sp³-hybridized carbons (Fsp3) is 0.227. The van der Waals surface area contributed by atoms with Crippen LogP contribution in [-0.4, -0.2) is 26.7 Å². The predicted molar refractivity (Wildman–Crippen MR) is 117 cm³/mol. The third kappa shape index (κ3) is 3.21. The second kappa shape index (κ2) is 7.35. The molecule has 31 heavy (non-hydrogen) atoms. The van der Waals surface area contributed by atoms with Gasteiger partial charge in [-0.2, -0.15) is 0 Å². The zero-order chi connectivity index (χ0) is 21.7. The highest BCUT2D eigenvalue weighted by Crippen LogP contribution is 2.47. The van der Waals surface area contributed by atoms with E-state index in [1.165, 1.54) is 14.1 Å². The first-order valence-electron chi connectivity index (χ1n) is 9.66. The van der Waals surface area contributed by atoms with Gasteiger partial charge in [0.05, 0.1) is 11.4 Å². The fourth-order valence-corrected chi connectivity index (χ4v) is 4.98. The van der Waals surface area contributed by atoms with Gasteiger partial charge in [0, 0.05) is 30.7 Å². The summed E-state index contributed by atoms with van der Waals surface area (Å²) >= 11 is 1.63. The molecule has 9 heteroatoms. The number of aromatic nitrogens is 2. The molecule has 0 saturated carbocycles. The van der Waals surface area contributed by atoms with E-state index in [9.17, 15) is 14.7 Å². The molecule has 0 fully saturated rings. The Balaban J connectivity index is 1.68. The molecule has 158 valence electrons. The number of nitrogens with zero attached hydrogens (tertiary/aromatic N) is 3. The van der Waals surface area contributed by atoms with Crippen molar-refractivity contribution in [1.82, 2.24) is 9.13 Å². The monoisotopic (exact) mass is 437 g/mol. The summed E-state index contributed by atoms with van der Waals surface area (Å²) < 4.78 is 13.0. The molecule has 0 spiro atoms. The second-order valence-electron chi connectivity index (χ2n) is 7.35. The Hall–Kier alpha value is -3.46. The summed E-state index contributed by atoms with van der Waals surface area (Å²) in [6, 6.07) is 13.4. The van der Waals surface area contributed by atoms with Gasteiger partial charge in [0.2, 0.25) is 12.7 Å². The van der Waals surface area contributed by atoms with E-state index < -0.39 is 11.2 Å². The number of benzene rings is 2. The van der Waals surface area contributed by atoms with Crippen molar-refractivity contribution in [2.45, 2.75) is 16.6 Å². The number of aromatic hydroxyl groups is 1. The second-order valence-corrected chi connectivity index (χ2v) is 8.60. The van der Waals surface area contributed by atoms with E-state index in [4.69, 9.17) is 14.5 Å². The molecule has 1 unspecified atom stereocenters. The van der Waals surface area contributed by atoms with Crippen LogP contribution in [0.1, 0.15) is 22.8 Å². The van der Waals surface area contributed by atoms with Crippen molar-refractivity contribution in [2.24, 2.45) is 19.1 Å². The summed E-state index contributed by atoms with van der Waals surface area (Å²) in [7, 11) is 2.82. The number of ether oxygens (including phenoxy) is 2. The molecule has 1 atom stereocenters. The highest BCUT2D eigenvalue weighted by atomic mass is 32.2. The maximum Gasteiger partial charge on any atom is 0.333 e. The van der Waals surface area contributed by atoms with Gasteiger partial charge in [-0.1, -0.05) is 18.2 Å². The van der Waals surface area contributed by atoms with Crippen LogP contribution < -0.4 is 20.7 Å². The summed E-state index contributed by atoms with van der Waals surface area (Å²) in [6.45, 7) is 0.189. The third-order valence-corrected chi connectivity index (χ3v) is 6.78. The fourth-order valence-electron chi connectivity index (χ4n) is 3.75. The van der Waals surface area contributed by atoms with Gasteiger partial charge in [-0.15, -0.1) is 11.8 Å².